The highest BCUT2D eigenvalue weighted by Crippen LogP contribution is 2.32. The fourth-order valence-corrected chi connectivity index (χ4v) is 3.32. The molecule has 0 atom stereocenters. The fourth-order valence-electron chi connectivity index (χ4n) is 3.32. The number of ether oxygens (including phenoxy) is 1. The maximum Gasteiger partial charge on any atom is 0.343 e. The second-order valence-electron chi connectivity index (χ2n) is 8.98. The third-order valence-corrected chi connectivity index (χ3v) is 4.79. The summed E-state index contributed by atoms with van der Waals surface area (Å²) in [5, 5.41) is 0. The van der Waals surface area contributed by atoms with Crippen molar-refractivity contribution >= 4 is 17.1 Å². The zero-order valence-corrected chi connectivity index (χ0v) is 23.5. The number of hydrogen-bond acceptors (Lipinski definition) is 3. The van der Waals surface area contributed by atoms with Crippen LogP contribution >= 0.6 is 0 Å². The van der Waals surface area contributed by atoms with Crippen LogP contribution < -0.4 is 5.43 Å². The summed E-state index contributed by atoms with van der Waals surface area (Å²) >= 11 is 0. The van der Waals surface area contributed by atoms with Crippen molar-refractivity contribution in [2.75, 3.05) is 7.11 Å². The summed E-state index contributed by atoms with van der Waals surface area (Å²) in [5.41, 5.74) is 2.86. The number of carbonyl (C=O) groups is 1. The average Bonchev–Trinajstić information content (AvgIpc) is 2.83. The second-order valence-corrected chi connectivity index (χ2v) is 8.98. The molecule has 0 saturated heterocycles. The highest BCUT2D eigenvalue weighted by Gasteiger charge is 2.17. The van der Waals surface area contributed by atoms with Crippen LogP contribution in [0.5, 0.6) is 0 Å². The lowest BCUT2D eigenvalue weighted by Crippen LogP contribution is -2.21. The van der Waals surface area contributed by atoms with E-state index in [0.29, 0.717) is 23.4 Å². The average molecular weight is 504 g/mol. The number of halogens is 2. The van der Waals surface area contributed by atoms with Crippen LogP contribution in [-0.4, -0.2) is 17.6 Å². The van der Waals surface area contributed by atoms with Gasteiger partial charge in [-0.05, 0) is 55.9 Å². The lowest BCUT2D eigenvalue weighted by Gasteiger charge is -2.17. The molecule has 0 saturated carbocycles. The van der Waals surface area contributed by atoms with Gasteiger partial charge in [-0.3, -0.25) is 4.79 Å². The van der Waals surface area contributed by atoms with Crippen molar-refractivity contribution in [1.29, 1.82) is 0 Å². The van der Waals surface area contributed by atoms with Crippen molar-refractivity contribution < 1.29 is 18.3 Å². The van der Waals surface area contributed by atoms with Gasteiger partial charge in [0.15, 0.2) is 5.43 Å². The van der Waals surface area contributed by atoms with Crippen molar-refractivity contribution in [2.24, 2.45) is 5.92 Å². The Morgan fingerprint density at radius 2 is 1.61 bits per heavy atom. The summed E-state index contributed by atoms with van der Waals surface area (Å²) in [4.78, 5) is 24.4. The quantitative estimate of drug-likeness (QED) is 0.281. The molecule has 200 valence electrons. The molecule has 0 aliphatic carbocycles. The summed E-state index contributed by atoms with van der Waals surface area (Å²) in [6.07, 6.45) is 1.50. The van der Waals surface area contributed by atoms with Gasteiger partial charge in [-0.1, -0.05) is 71.4 Å². The maximum atomic E-state index is 13.6. The van der Waals surface area contributed by atoms with Crippen LogP contribution in [0.3, 0.4) is 0 Å². The molecule has 0 amide bonds. The van der Waals surface area contributed by atoms with E-state index in [4.69, 9.17) is 4.74 Å². The predicted octanol–water partition coefficient (Wildman–Crippen LogP) is 8.57. The van der Waals surface area contributed by atoms with E-state index in [2.05, 4.69) is 20.8 Å². The molecule has 6 heteroatoms. The zero-order valence-electron chi connectivity index (χ0n) is 23.5. The molecule has 36 heavy (non-hydrogen) atoms. The lowest BCUT2D eigenvalue weighted by molar-refractivity contribution is 0.0598. The van der Waals surface area contributed by atoms with Crippen LogP contribution in [0.15, 0.2) is 53.0 Å². The van der Waals surface area contributed by atoms with E-state index in [-0.39, 0.29) is 11.1 Å². The Morgan fingerprint density at radius 1 is 1.06 bits per heavy atom. The molecule has 4 nitrogen and oxygen atoms in total. The SMILES string of the molecule is CC.CC(C)C.CCCn1cc(C(=O)OC)c(=O)cc1/C(C)=C/C(=C(C)C)c1ccccc1C(F)F. The number of nitrogens with zero attached hydrogens (tertiary/aromatic N) is 1. The van der Waals surface area contributed by atoms with Gasteiger partial charge in [0.1, 0.15) is 5.56 Å². The summed E-state index contributed by atoms with van der Waals surface area (Å²) in [6.45, 7) is 18.6. The van der Waals surface area contributed by atoms with E-state index in [0.717, 1.165) is 23.5 Å². The Hall–Kier alpha value is -3.02. The number of alkyl halides is 2. The third-order valence-electron chi connectivity index (χ3n) is 4.79. The first-order chi connectivity index (χ1) is 16.9. The van der Waals surface area contributed by atoms with Crippen LogP contribution in [0.1, 0.15) is 102 Å². The minimum atomic E-state index is -2.60. The number of benzene rings is 1. The van der Waals surface area contributed by atoms with E-state index < -0.39 is 17.8 Å². The number of esters is 1. The molecule has 0 fully saturated rings. The van der Waals surface area contributed by atoms with Gasteiger partial charge in [0, 0.05) is 30.1 Å². The summed E-state index contributed by atoms with van der Waals surface area (Å²) < 4.78 is 33.6. The van der Waals surface area contributed by atoms with Gasteiger partial charge >= 0.3 is 5.97 Å². The van der Waals surface area contributed by atoms with Crippen LogP contribution in [0, 0.1) is 5.92 Å². The highest BCUT2D eigenvalue weighted by molar-refractivity contribution is 5.90. The minimum Gasteiger partial charge on any atom is -0.465 e. The van der Waals surface area contributed by atoms with E-state index in [1.165, 1.54) is 25.4 Å². The van der Waals surface area contributed by atoms with E-state index in [1.807, 2.05) is 52.2 Å². The van der Waals surface area contributed by atoms with Gasteiger partial charge in [0.05, 0.1) is 7.11 Å². The Balaban J connectivity index is 0.00000185. The zero-order chi connectivity index (χ0) is 28.0. The van der Waals surface area contributed by atoms with E-state index >= 15 is 0 Å². The Bertz CT molecular complexity index is 1090. The van der Waals surface area contributed by atoms with Crippen LogP contribution in [0.4, 0.5) is 8.78 Å². The molecular formula is C30H43F2NO3. The predicted molar refractivity (Wildman–Crippen MR) is 148 cm³/mol. The molecule has 2 aromatic rings. The largest absolute Gasteiger partial charge is 0.465 e. The smallest absolute Gasteiger partial charge is 0.343 e. The highest BCUT2D eigenvalue weighted by atomic mass is 19.3. The molecule has 0 N–H and O–H groups in total. The molecule has 1 aromatic carbocycles. The normalized spacial score (nSPS) is 10.8. The molecule has 0 unspecified atom stereocenters. The number of pyridine rings is 1. The third kappa shape index (κ3) is 9.92. The molecule has 0 aliphatic rings. The van der Waals surface area contributed by atoms with Crippen LogP contribution in [-0.2, 0) is 11.3 Å². The Labute approximate surface area is 215 Å². The Kier molecular flexibility index (Phi) is 15.2. The first-order valence-electron chi connectivity index (χ1n) is 12.5. The van der Waals surface area contributed by atoms with Crippen LogP contribution in [0.25, 0.3) is 11.1 Å². The van der Waals surface area contributed by atoms with Crippen molar-refractivity contribution in [3.63, 3.8) is 0 Å². The fraction of sp³-hybridized carbons (Fsp3) is 0.467. The van der Waals surface area contributed by atoms with Crippen LogP contribution in [0.2, 0.25) is 0 Å². The topological polar surface area (TPSA) is 48.3 Å². The number of allylic oxidation sites excluding steroid dienone is 4. The Morgan fingerprint density at radius 3 is 2.08 bits per heavy atom. The number of hydrogen-bond donors (Lipinski definition) is 0. The first-order valence-corrected chi connectivity index (χ1v) is 12.5. The molecule has 0 bridgehead atoms. The van der Waals surface area contributed by atoms with E-state index in [1.54, 1.807) is 18.2 Å². The molecule has 2 rings (SSSR count). The summed E-state index contributed by atoms with van der Waals surface area (Å²) in [6, 6.07) is 7.81. The van der Waals surface area contributed by atoms with Gasteiger partial charge in [0.2, 0.25) is 0 Å². The molecular weight excluding hydrogens is 460 g/mol. The van der Waals surface area contributed by atoms with Crippen molar-refractivity contribution in [3.8, 4) is 0 Å². The standard InChI is InChI=1S/C24H27F2NO3.C4H10.C2H6/c1-6-11-27-14-20(24(29)30-5)22(28)13-21(27)16(4)12-19(15(2)3)17-9-7-8-10-18(17)23(25)26;1-4(2)3;1-2/h7-10,12-14,23H,6,11H2,1-5H3;4H,1-3H3;1-2H3/b16-12+;;. The van der Waals surface area contributed by atoms with Gasteiger partial charge in [-0.15, -0.1) is 0 Å². The number of aromatic nitrogens is 1. The van der Waals surface area contributed by atoms with E-state index in [9.17, 15) is 18.4 Å². The van der Waals surface area contributed by atoms with Gasteiger partial charge in [-0.25, -0.2) is 13.6 Å². The molecule has 0 radical (unpaired) electrons. The molecule has 0 aliphatic heterocycles. The van der Waals surface area contributed by atoms with Crippen molar-refractivity contribution in [1.82, 2.24) is 4.57 Å². The van der Waals surface area contributed by atoms with Gasteiger partial charge < -0.3 is 9.30 Å². The van der Waals surface area contributed by atoms with Crippen molar-refractivity contribution in [3.05, 3.63) is 80.8 Å². The number of aryl methyl sites for hydroxylation is 1. The first kappa shape index (κ1) is 33.0. The number of carbonyl (C=O) groups excluding carboxylic acids is 1. The van der Waals surface area contributed by atoms with Gasteiger partial charge in [-0.2, -0.15) is 0 Å². The molecule has 1 heterocycles. The maximum absolute atomic E-state index is 13.6. The number of methoxy groups -OCH3 is 1. The number of rotatable bonds is 7. The monoisotopic (exact) mass is 503 g/mol. The second kappa shape index (κ2) is 16.6. The molecule has 1 aromatic heterocycles. The summed E-state index contributed by atoms with van der Waals surface area (Å²) in [7, 11) is 1.23. The lowest BCUT2D eigenvalue weighted by atomic mass is 9.94. The van der Waals surface area contributed by atoms with Crippen molar-refractivity contribution in [2.45, 2.75) is 81.7 Å². The minimum absolute atomic E-state index is 0.0343. The van der Waals surface area contributed by atoms with Gasteiger partial charge in [0.25, 0.3) is 6.43 Å². The molecule has 0 spiro atoms. The summed E-state index contributed by atoms with van der Waals surface area (Å²) in [5.74, 6) is 0.147.